The first-order valence-electron chi connectivity index (χ1n) is 7.94. The number of ether oxygens (including phenoxy) is 3. The van der Waals surface area contributed by atoms with Crippen molar-refractivity contribution >= 4 is 6.29 Å². The molecule has 2 rings (SSSR count). The van der Waals surface area contributed by atoms with E-state index in [1.807, 2.05) is 39.0 Å². The highest BCUT2D eigenvalue weighted by Crippen LogP contribution is 2.32. The van der Waals surface area contributed by atoms with E-state index in [-0.39, 0.29) is 18.1 Å². The lowest BCUT2D eigenvalue weighted by molar-refractivity contribution is -0.310. The summed E-state index contributed by atoms with van der Waals surface area (Å²) in [5, 5.41) is 0. The van der Waals surface area contributed by atoms with E-state index in [2.05, 4.69) is 12.1 Å². The van der Waals surface area contributed by atoms with Crippen molar-refractivity contribution in [2.45, 2.75) is 58.2 Å². The minimum Gasteiger partial charge on any atom is -0.377 e. The minimum absolute atomic E-state index is 0.0271. The smallest absolute Gasteiger partial charge is 0.164 e. The van der Waals surface area contributed by atoms with Gasteiger partial charge in [-0.3, -0.25) is 0 Å². The molecule has 0 amide bonds. The van der Waals surface area contributed by atoms with Gasteiger partial charge in [0.1, 0.15) is 12.4 Å². The van der Waals surface area contributed by atoms with E-state index in [4.69, 9.17) is 14.2 Å². The Morgan fingerprint density at radius 1 is 1.23 bits per heavy atom. The first-order valence-corrected chi connectivity index (χ1v) is 7.94. The second kappa shape index (κ2) is 7.86. The van der Waals surface area contributed by atoms with Gasteiger partial charge in [-0.15, -0.1) is 0 Å². The van der Waals surface area contributed by atoms with E-state index in [1.165, 1.54) is 5.56 Å². The van der Waals surface area contributed by atoms with Gasteiger partial charge >= 0.3 is 0 Å². The fourth-order valence-corrected chi connectivity index (χ4v) is 2.77. The highest BCUT2D eigenvalue weighted by molar-refractivity contribution is 5.57. The molecular weight excluding hydrogens is 280 g/mol. The summed E-state index contributed by atoms with van der Waals surface area (Å²) >= 11 is 0. The maximum absolute atomic E-state index is 11.1. The highest BCUT2D eigenvalue weighted by atomic mass is 16.7. The fraction of sp³-hybridized carbons (Fsp3) is 0.611. The Hall–Kier alpha value is -1.23. The summed E-state index contributed by atoms with van der Waals surface area (Å²) < 4.78 is 17.3. The van der Waals surface area contributed by atoms with E-state index in [1.54, 1.807) is 0 Å². The molecule has 1 aliphatic heterocycles. The van der Waals surface area contributed by atoms with Crippen molar-refractivity contribution in [1.29, 1.82) is 0 Å². The van der Waals surface area contributed by atoms with Crippen LogP contribution in [0.15, 0.2) is 30.3 Å². The van der Waals surface area contributed by atoms with Crippen molar-refractivity contribution in [2.24, 2.45) is 5.92 Å². The molecule has 4 nitrogen and oxygen atoms in total. The summed E-state index contributed by atoms with van der Waals surface area (Å²) in [4.78, 5) is 11.1. The zero-order chi connectivity index (χ0) is 16.0. The normalized spacial score (nSPS) is 27.5. The average molecular weight is 306 g/mol. The minimum atomic E-state index is -0.701. The monoisotopic (exact) mass is 306 g/mol. The van der Waals surface area contributed by atoms with E-state index in [0.717, 1.165) is 19.1 Å². The Balaban J connectivity index is 1.72. The molecule has 1 aromatic carbocycles. The van der Waals surface area contributed by atoms with Crippen molar-refractivity contribution in [2.75, 3.05) is 6.61 Å². The molecular formula is C18H26O4. The van der Waals surface area contributed by atoms with Crippen LogP contribution < -0.4 is 0 Å². The third-order valence-corrected chi connectivity index (χ3v) is 3.98. The topological polar surface area (TPSA) is 44.8 Å². The standard InChI is InChI=1S/C18H26O4/c1-14-16(21-18(2,3)22-17(14)12-19)10-7-11-20-13-15-8-5-4-6-9-15/h4-6,8-9,12,14,16-17H,7,10-11,13H2,1-3H3/t14-,16-,17-/m1/s1. The van der Waals surface area contributed by atoms with Gasteiger partial charge in [-0.1, -0.05) is 37.3 Å². The molecule has 0 unspecified atom stereocenters. The van der Waals surface area contributed by atoms with Crippen LogP contribution in [0.5, 0.6) is 0 Å². The number of aldehydes is 1. The van der Waals surface area contributed by atoms with Crippen LogP contribution in [0.25, 0.3) is 0 Å². The van der Waals surface area contributed by atoms with Gasteiger partial charge in [0.2, 0.25) is 0 Å². The Morgan fingerprint density at radius 3 is 2.64 bits per heavy atom. The van der Waals surface area contributed by atoms with Gasteiger partial charge in [-0.2, -0.15) is 0 Å². The van der Waals surface area contributed by atoms with E-state index >= 15 is 0 Å². The van der Waals surface area contributed by atoms with E-state index in [9.17, 15) is 4.79 Å². The molecule has 1 aromatic rings. The summed E-state index contributed by atoms with van der Waals surface area (Å²) in [6.07, 6.45) is 2.29. The van der Waals surface area contributed by atoms with Crippen LogP contribution in [0.1, 0.15) is 39.2 Å². The summed E-state index contributed by atoms with van der Waals surface area (Å²) in [6.45, 7) is 7.04. The number of hydrogen-bond donors (Lipinski definition) is 0. The van der Waals surface area contributed by atoms with Crippen LogP contribution in [0.2, 0.25) is 0 Å². The van der Waals surface area contributed by atoms with Crippen LogP contribution in [0, 0.1) is 5.92 Å². The van der Waals surface area contributed by atoms with Gasteiger partial charge in [-0.05, 0) is 32.3 Å². The zero-order valence-electron chi connectivity index (χ0n) is 13.7. The Morgan fingerprint density at radius 2 is 1.95 bits per heavy atom. The molecule has 0 saturated carbocycles. The van der Waals surface area contributed by atoms with Gasteiger partial charge in [0.15, 0.2) is 5.79 Å². The lowest BCUT2D eigenvalue weighted by Gasteiger charge is -2.43. The second-order valence-electron chi connectivity index (χ2n) is 6.31. The SMILES string of the molecule is C[C@H]1[C@@H](C=O)OC(C)(C)O[C@@H]1CCCOCc1ccccc1. The lowest BCUT2D eigenvalue weighted by atomic mass is 9.93. The van der Waals surface area contributed by atoms with Crippen LogP contribution in [-0.2, 0) is 25.6 Å². The number of carbonyl (C=O) groups excluding carboxylic acids is 1. The van der Waals surface area contributed by atoms with Gasteiger partial charge in [0.25, 0.3) is 0 Å². The summed E-state index contributed by atoms with van der Waals surface area (Å²) in [5.74, 6) is -0.632. The third-order valence-electron chi connectivity index (χ3n) is 3.98. The summed E-state index contributed by atoms with van der Waals surface area (Å²) in [6, 6.07) is 10.1. The molecule has 4 heteroatoms. The number of carbonyl (C=O) groups is 1. The Kier molecular flexibility index (Phi) is 6.12. The van der Waals surface area contributed by atoms with Crippen molar-refractivity contribution in [3.8, 4) is 0 Å². The van der Waals surface area contributed by atoms with Crippen LogP contribution in [-0.4, -0.2) is 30.9 Å². The maximum Gasteiger partial charge on any atom is 0.164 e. The Labute approximate surface area is 132 Å². The first-order chi connectivity index (χ1) is 10.5. The molecule has 0 aliphatic carbocycles. The van der Waals surface area contributed by atoms with Gasteiger partial charge in [0, 0.05) is 12.5 Å². The molecule has 1 aliphatic rings. The van der Waals surface area contributed by atoms with Crippen molar-refractivity contribution in [3.05, 3.63) is 35.9 Å². The van der Waals surface area contributed by atoms with Crippen LogP contribution >= 0.6 is 0 Å². The molecule has 0 bridgehead atoms. The van der Waals surface area contributed by atoms with Crippen LogP contribution in [0.4, 0.5) is 0 Å². The largest absolute Gasteiger partial charge is 0.377 e. The number of benzene rings is 1. The fourth-order valence-electron chi connectivity index (χ4n) is 2.77. The lowest BCUT2D eigenvalue weighted by Crippen LogP contribution is -2.50. The van der Waals surface area contributed by atoms with Crippen molar-refractivity contribution in [1.82, 2.24) is 0 Å². The molecule has 1 saturated heterocycles. The van der Waals surface area contributed by atoms with Gasteiger partial charge < -0.3 is 19.0 Å². The van der Waals surface area contributed by atoms with E-state index < -0.39 is 5.79 Å². The summed E-state index contributed by atoms with van der Waals surface area (Å²) in [7, 11) is 0. The number of rotatable bonds is 7. The van der Waals surface area contributed by atoms with Crippen molar-refractivity contribution in [3.63, 3.8) is 0 Å². The van der Waals surface area contributed by atoms with Gasteiger partial charge in [-0.25, -0.2) is 0 Å². The molecule has 0 aromatic heterocycles. The zero-order valence-corrected chi connectivity index (χ0v) is 13.7. The molecule has 3 atom stereocenters. The molecule has 1 fully saturated rings. The third kappa shape index (κ3) is 4.90. The number of hydrogen-bond acceptors (Lipinski definition) is 4. The highest BCUT2D eigenvalue weighted by Gasteiger charge is 2.40. The van der Waals surface area contributed by atoms with Gasteiger partial charge in [0.05, 0.1) is 12.7 Å². The Bertz CT molecular complexity index is 457. The molecule has 1 heterocycles. The van der Waals surface area contributed by atoms with Crippen molar-refractivity contribution < 1.29 is 19.0 Å². The molecule has 22 heavy (non-hydrogen) atoms. The van der Waals surface area contributed by atoms with E-state index in [0.29, 0.717) is 13.2 Å². The molecule has 122 valence electrons. The molecule has 0 radical (unpaired) electrons. The maximum atomic E-state index is 11.1. The van der Waals surface area contributed by atoms with Crippen LogP contribution in [0.3, 0.4) is 0 Å². The first kappa shape index (κ1) is 17.1. The average Bonchev–Trinajstić information content (AvgIpc) is 2.50. The summed E-state index contributed by atoms with van der Waals surface area (Å²) in [5.41, 5.74) is 1.18. The predicted molar refractivity (Wildman–Crippen MR) is 84.4 cm³/mol. The quantitative estimate of drug-likeness (QED) is 0.572. The molecule has 0 spiro atoms. The molecule has 0 N–H and O–H groups in total. The second-order valence-corrected chi connectivity index (χ2v) is 6.31. The predicted octanol–water partition coefficient (Wildman–Crippen LogP) is 3.34.